The van der Waals surface area contributed by atoms with Crippen molar-refractivity contribution < 1.29 is 4.79 Å². The van der Waals surface area contributed by atoms with Crippen molar-refractivity contribution in [2.75, 3.05) is 14.1 Å². The number of amides is 2. The summed E-state index contributed by atoms with van der Waals surface area (Å²) in [5, 5.41) is 14.8. The topological polar surface area (TPSA) is 74.6 Å². The van der Waals surface area contributed by atoms with Crippen molar-refractivity contribution in [3.63, 3.8) is 0 Å². The van der Waals surface area contributed by atoms with Gasteiger partial charge in [0.1, 0.15) is 0 Å². The van der Waals surface area contributed by atoms with Gasteiger partial charge in [0.05, 0.1) is 6.04 Å². The molecule has 2 heterocycles. The predicted octanol–water partition coefficient (Wildman–Crippen LogP) is 2.74. The first-order valence-electron chi connectivity index (χ1n) is 10.0. The van der Waals surface area contributed by atoms with Crippen LogP contribution in [0.4, 0.5) is 4.79 Å². The maximum absolute atomic E-state index is 12.6. The molecule has 7 nitrogen and oxygen atoms in total. The lowest BCUT2D eigenvalue weighted by molar-refractivity contribution is -0.0573. The second-order valence-electron chi connectivity index (χ2n) is 8.58. The smallest absolute Gasteiger partial charge is 0.315 e. The molecule has 2 N–H and O–H groups in total. The molecule has 2 aromatic heterocycles. The van der Waals surface area contributed by atoms with Gasteiger partial charge in [0.25, 0.3) is 0 Å². The van der Waals surface area contributed by atoms with Crippen LogP contribution in [0.15, 0.2) is 24.4 Å². The Labute approximate surface area is 160 Å². The Morgan fingerprint density at radius 1 is 1.30 bits per heavy atom. The molecule has 0 bridgehead atoms. The molecular weight excluding hydrogens is 340 g/mol. The van der Waals surface area contributed by atoms with Crippen molar-refractivity contribution in [1.29, 1.82) is 0 Å². The van der Waals surface area contributed by atoms with Crippen LogP contribution in [0, 0.1) is 5.41 Å². The summed E-state index contributed by atoms with van der Waals surface area (Å²) in [5.41, 5.74) is 1.29. The highest BCUT2D eigenvalue weighted by Crippen LogP contribution is 2.56. The molecular formula is C20H30N6O. The number of hydrogen-bond donors (Lipinski definition) is 2. The van der Waals surface area contributed by atoms with E-state index in [4.69, 9.17) is 0 Å². The van der Waals surface area contributed by atoms with Gasteiger partial charge >= 0.3 is 6.03 Å². The Balaban J connectivity index is 1.33. The fourth-order valence-corrected chi connectivity index (χ4v) is 4.76. The molecule has 2 aliphatic carbocycles. The lowest BCUT2D eigenvalue weighted by Crippen LogP contribution is -2.61. The molecule has 146 valence electrons. The number of carbonyl (C=O) groups excluding carboxylic acids is 1. The van der Waals surface area contributed by atoms with Crippen LogP contribution in [0.3, 0.4) is 0 Å². The SMILES string of the molecule is CCCC(NC(=O)NC1CC2(C1)CC(N(C)C)C2)c1nnc2ccccn12. The van der Waals surface area contributed by atoms with Gasteiger partial charge in [-0.25, -0.2) is 4.79 Å². The second kappa shape index (κ2) is 7.11. The average Bonchev–Trinajstić information content (AvgIpc) is 2.99. The molecule has 1 unspecified atom stereocenters. The van der Waals surface area contributed by atoms with Gasteiger partial charge in [-0.15, -0.1) is 10.2 Å². The van der Waals surface area contributed by atoms with Gasteiger partial charge in [-0.1, -0.05) is 19.4 Å². The van der Waals surface area contributed by atoms with E-state index < -0.39 is 0 Å². The summed E-state index contributed by atoms with van der Waals surface area (Å²) in [6.07, 6.45) is 8.50. The molecule has 0 radical (unpaired) electrons. The standard InChI is InChI=1S/C20H30N6O/c1-4-7-16(18-24-23-17-8-5-6-9-26(17)18)22-19(27)21-14-10-20(11-14)12-15(13-20)25(2)3/h5-6,8-9,14-16H,4,7,10-13H2,1-3H3,(H2,21,22,27). The number of pyridine rings is 1. The first-order valence-corrected chi connectivity index (χ1v) is 10.0. The van der Waals surface area contributed by atoms with Crippen LogP contribution >= 0.6 is 0 Å². The zero-order chi connectivity index (χ0) is 19.0. The number of nitrogens with zero attached hydrogens (tertiary/aromatic N) is 4. The van der Waals surface area contributed by atoms with Crippen molar-refractivity contribution in [2.24, 2.45) is 5.41 Å². The molecule has 27 heavy (non-hydrogen) atoms. The highest BCUT2D eigenvalue weighted by molar-refractivity contribution is 5.74. The van der Waals surface area contributed by atoms with Crippen LogP contribution in [-0.4, -0.2) is 51.7 Å². The number of rotatable bonds is 6. The average molecular weight is 371 g/mol. The van der Waals surface area contributed by atoms with Crippen LogP contribution in [0.1, 0.15) is 57.3 Å². The van der Waals surface area contributed by atoms with E-state index in [1.54, 1.807) is 0 Å². The van der Waals surface area contributed by atoms with Crippen LogP contribution in [0.25, 0.3) is 5.65 Å². The summed E-state index contributed by atoms with van der Waals surface area (Å²) in [6, 6.07) is 6.60. The van der Waals surface area contributed by atoms with Crippen LogP contribution in [0.2, 0.25) is 0 Å². The van der Waals surface area contributed by atoms with Crippen LogP contribution < -0.4 is 10.6 Å². The number of nitrogens with one attached hydrogen (secondary N) is 2. The van der Waals surface area contributed by atoms with Gasteiger partial charge < -0.3 is 15.5 Å². The van der Waals surface area contributed by atoms with E-state index in [-0.39, 0.29) is 12.1 Å². The van der Waals surface area contributed by atoms with E-state index in [0.717, 1.165) is 43.2 Å². The van der Waals surface area contributed by atoms with Crippen LogP contribution in [-0.2, 0) is 0 Å². The molecule has 2 saturated carbocycles. The number of aromatic nitrogens is 3. The van der Waals surface area contributed by atoms with Crippen molar-refractivity contribution in [2.45, 2.75) is 63.6 Å². The lowest BCUT2D eigenvalue weighted by atomic mass is 9.52. The highest BCUT2D eigenvalue weighted by atomic mass is 16.2. The number of urea groups is 1. The minimum Gasteiger partial charge on any atom is -0.335 e. The van der Waals surface area contributed by atoms with E-state index in [0.29, 0.717) is 11.5 Å². The fraction of sp³-hybridized carbons (Fsp3) is 0.650. The zero-order valence-electron chi connectivity index (χ0n) is 16.5. The van der Waals surface area contributed by atoms with Gasteiger partial charge in [-0.2, -0.15) is 0 Å². The van der Waals surface area contributed by atoms with Gasteiger partial charge in [0.2, 0.25) is 0 Å². The summed E-state index contributed by atoms with van der Waals surface area (Å²) in [5.74, 6) is 0.792. The van der Waals surface area contributed by atoms with Crippen molar-refractivity contribution >= 4 is 11.7 Å². The summed E-state index contributed by atoms with van der Waals surface area (Å²) in [4.78, 5) is 14.9. The Morgan fingerprint density at radius 3 is 2.78 bits per heavy atom. The molecule has 0 saturated heterocycles. The highest BCUT2D eigenvalue weighted by Gasteiger charge is 2.53. The van der Waals surface area contributed by atoms with Gasteiger partial charge in [0.15, 0.2) is 11.5 Å². The zero-order valence-corrected chi connectivity index (χ0v) is 16.5. The summed E-state index contributed by atoms with van der Waals surface area (Å²) in [6.45, 7) is 2.11. The predicted molar refractivity (Wildman–Crippen MR) is 104 cm³/mol. The third-order valence-electron chi connectivity index (χ3n) is 6.30. The lowest BCUT2D eigenvalue weighted by Gasteiger charge is -2.59. The van der Waals surface area contributed by atoms with Crippen molar-refractivity contribution in [1.82, 2.24) is 30.1 Å². The first-order chi connectivity index (χ1) is 13.0. The largest absolute Gasteiger partial charge is 0.335 e. The second-order valence-corrected chi connectivity index (χ2v) is 8.58. The number of carbonyl (C=O) groups is 1. The van der Waals surface area contributed by atoms with Crippen LogP contribution in [0.5, 0.6) is 0 Å². The molecule has 2 amide bonds. The minimum absolute atomic E-state index is 0.0931. The summed E-state index contributed by atoms with van der Waals surface area (Å²) in [7, 11) is 4.31. The van der Waals surface area contributed by atoms with E-state index in [1.807, 2.05) is 28.8 Å². The summed E-state index contributed by atoms with van der Waals surface area (Å²) < 4.78 is 1.95. The minimum atomic E-state index is -0.136. The molecule has 2 aromatic rings. The Morgan fingerprint density at radius 2 is 2.07 bits per heavy atom. The Hall–Kier alpha value is -2.15. The van der Waals surface area contributed by atoms with Crippen molar-refractivity contribution in [3.05, 3.63) is 30.2 Å². The monoisotopic (exact) mass is 370 g/mol. The molecule has 2 aliphatic rings. The third-order valence-corrected chi connectivity index (χ3v) is 6.30. The van der Waals surface area contributed by atoms with E-state index in [1.165, 1.54) is 12.8 Å². The Kier molecular flexibility index (Phi) is 4.80. The van der Waals surface area contributed by atoms with Gasteiger partial charge in [0, 0.05) is 18.3 Å². The summed E-state index contributed by atoms with van der Waals surface area (Å²) >= 11 is 0. The molecule has 1 atom stereocenters. The molecule has 0 aromatic carbocycles. The molecule has 7 heteroatoms. The quantitative estimate of drug-likeness (QED) is 0.820. The third kappa shape index (κ3) is 3.52. The molecule has 2 fully saturated rings. The van der Waals surface area contributed by atoms with Crippen molar-refractivity contribution in [3.8, 4) is 0 Å². The van der Waals surface area contributed by atoms with Gasteiger partial charge in [-0.05, 0) is 63.7 Å². The maximum atomic E-state index is 12.6. The first kappa shape index (κ1) is 18.2. The Bertz CT molecular complexity index is 802. The molecule has 0 aliphatic heterocycles. The molecule has 1 spiro atoms. The molecule has 4 rings (SSSR count). The normalized spacial score (nSPS) is 28.0. The van der Waals surface area contributed by atoms with E-state index in [9.17, 15) is 4.79 Å². The number of hydrogen-bond acceptors (Lipinski definition) is 4. The van der Waals surface area contributed by atoms with E-state index >= 15 is 0 Å². The fourth-order valence-electron chi connectivity index (χ4n) is 4.76. The van der Waals surface area contributed by atoms with Gasteiger partial charge in [-0.3, -0.25) is 4.40 Å². The maximum Gasteiger partial charge on any atom is 0.315 e. The number of fused-ring (bicyclic) bond motifs is 1. The van der Waals surface area contributed by atoms with E-state index in [2.05, 4.69) is 46.7 Å².